The third kappa shape index (κ3) is 4.71. The van der Waals surface area contributed by atoms with E-state index in [1.165, 1.54) is 11.8 Å². The summed E-state index contributed by atoms with van der Waals surface area (Å²) >= 11 is 0. The number of hydrogen-bond donors (Lipinski definition) is 2. The van der Waals surface area contributed by atoms with E-state index in [0.29, 0.717) is 11.6 Å². The second kappa shape index (κ2) is 8.16. The molecule has 2 aromatic rings. The molecule has 0 aliphatic rings. The monoisotopic (exact) mass is 333 g/mol. The number of carbonyl (C=O) groups is 1. The van der Waals surface area contributed by atoms with Crippen LogP contribution in [0.2, 0.25) is 0 Å². The van der Waals surface area contributed by atoms with Gasteiger partial charge in [0.25, 0.3) is 5.91 Å². The molecule has 0 radical (unpaired) electrons. The molecule has 0 heterocycles. The lowest BCUT2D eigenvalue weighted by Gasteiger charge is -2.10. The average molecular weight is 333 g/mol. The van der Waals surface area contributed by atoms with Crippen molar-refractivity contribution in [3.63, 3.8) is 0 Å². The molecule has 0 fully saturated rings. The molecule has 0 aliphatic carbocycles. The molecule has 0 unspecified atom stereocenters. The summed E-state index contributed by atoms with van der Waals surface area (Å²) in [5.74, 6) is -0.00121. The van der Waals surface area contributed by atoms with E-state index < -0.39 is 5.91 Å². The van der Waals surface area contributed by atoms with Crippen LogP contribution in [0, 0.1) is 25.2 Å². The Bertz CT molecular complexity index is 827. The minimum absolute atomic E-state index is 0.0221. The summed E-state index contributed by atoms with van der Waals surface area (Å²) in [5, 5.41) is 15.1. The highest BCUT2D eigenvalue weighted by atomic mass is 16.1. The SMILES string of the molecule is Cc1cccc(N/C=C(/C#N)C(=O)Nc2ccc(C(C)C)cc2)c1C. The van der Waals surface area contributed by atoms with Gasteiger partial charge in [-0.05, 0) is 54.7 Å². The van der Waals surface area contributed by atoms with Crippen molar-refractivity contribution in [2.75, 3.05) is 10.6 Å². The zero-order chi connectivity index (χ0) is 18.4. The zero-order valence-electron chi connectivity index (χ0n) is 15.1. The van der Waals surface area contributed by atoms with Crippen molar-refractivity contribution in [1.29, 1.82) is 5.26 Å². The van der Waals surface area contributed by atoms with Gasteiger partial charge in [-0.25, -0.2) is 0 Å². The van der Waals surface area contributed by atoms with Gasteiger partial charge < -0.3 is 10.6 Å². The first-order chi connectivity index (χ1) is 11.9. The largest absolute Gasteiger partial charge is 0.360 e. The average Bonchev–Trinajstić information content (AvgIpc) is 2.59. The fourth-order valence-corrected chi connectivity index (χ4v) is 2.36. The fourth-order valence-electron chi connectivity index (χ4n) is 2.36. The Morgan fingerprint density at radius 1 is 1.12 bits per heavy atom. The van der Waals surface area contributed by atoms with E-state index in [2.05, 4.69) is 24.5 Å². The van der Waals surface area contributed by atoms with Crippen LogP contribution in [0.15, 0.2) is 54.2 Å². The van der Waals surface area contributed by atoms with Gasteiger partial charge in [-0.3, -0.25) is 4.79 Å². The first kappa shape index (κ1) is 18.3. The Hall–Kier alpha value is -3.06. The van der Waals surface area contributed by atoms with Crippen LogP contribution >= 0.6 is 0 Å². The number of hydrogen-bond acceptors (Lipinski definition) is 3. The summed E-state index contributed by atoms with van der Waals surface area (Å²) in [6.45, 7) is 8.24. The topological polar surface area (TPSA) is 64.9 Å². The van der Waals surface area contributed by atoms with E-state index in [9.17, 15) is 10.1 Å². The number of nitriles is 1. The molecule has 25 heavy (non-hydrogen) atoms. The second-order valence-corrected chi connectivity index (χ2v) is 6.29. The zero-order valence-corrected chi connectivity index (χ0v) is 15.1. The summed E-state index contributed by atoms with van der Waals surface area (Å²) < 4.78 is 0. The normalized spacial score (nSPS) is 11.1. The van der Waals surface area contributed by atoms with E-state index in [-0.39, 0.29) is 5.57 Å². The maximum Gasteiger partial charge on any atom is 0.267 e. The lowest BCUT2D eigenvalue weighted by molar-refractivity contribution is -0.112. The number of aryl methyl sites for hydroxylation is 1. The molecule has 2 N–H and O–H groups in total. The molecular weight excluding hydrogens is 310 g/mol. The molecule has 0 aliphatic heterocycles. The Balaban J connectivity index is 2.10. The van der Waals surface area contributed by atoms with Crippen LogP contribution in [0.1, 0.15) is 36.5 Å². The maximum absolute atomic E-state index is 12.3. The third-order valence-electron chi connectivity index (χ3n) is 4.18. The molecule has 2 rings (SSSR count). The first-order valence-electron chi connectivity index (χ1n) is 8.26. The quantitative estimate of drug-likeness (QED) is 0.605. The highest BCUT2D eigenvalue weighted by molar-refractivity contribution is 6.06. The van der Waals surface area contributed by atoms with Crippen LogP contribution < -0.4 is 10.6 Å². The molecule has 128 valence electrons. The highest BCUT2D eigenvalue weighted by Crippen LogP contribution is 2.19. The predicted octanol–water partition coefficient (Wildman–Crippen LogP) is 4.88. The summed E-state index contributed by atoms with van der Waals surface area (Å²) in [5.41, 5.74) is 5.00. The van der Waals surface area contributed by atoms with Crippen LogP contribution in [0.5, 0.6) is 0 Å². The molecular formula is C21H23N3O. The summed E-state index contributed by atoms with van der Waals surface area (Å²) in [6, 6.07) is 15.5. The van der Waals surface area contributed by atoms with Crippen molar-refractivity contribution in [2.45, 2.75) is 33.6 Å². The summed E-state index contributed by atoms with van der Waals surface area (Å²) in [7, 11) is 0. The van der Waals surface area contributed by atoms with Crippen molar-refractivity contribution in [1.82, 2.24) is 0 Å². The number of carbonyl (C=O) groups excluding carboxylic acids is 1. The van der Waals surface area contributed by atoms with E-state index >= 15 is 0 Å². The van der Waals surface area contributed by atoms with Gasteiger partial charge in [-0.2, -0.15) is 5.26 Å². The van der Waals surface area contributed by atoms with Gasteiger partial charge >= 0.3 is 0 Å². The molecule has 2 aromatic carbocycles. The van der Waals surface area contributed by atoms with Gasteiger partial charge in [0.05, 0.1) is 0 Å². The Kier molecular flexibility index (Phi) is 5.97. The van der Waals surface area contributed by atoms with Crippen molar-refractivity contribution < 1.29 is 4.79 Å². The second-order valence-electron chi connectivity index (χ2n) is 6.29. The number of anilines is 2. The standard InChI is InChI=1S/C21H23N3O/c1-14(2)17-8-10-19(11-9-17)24-21(25)18(12-22)13-23-20-7-5-6-15(3)16(20)4/h5-11,13-14,23H,1-4H3,(H,24,25)/b18-13-. The Labute approximate surface area is 149 Å². The van der Waals surface area contributed by atoms with Crippen molar-refractivity contribution in [3.8, 4) is 6.07 Å². The number of benzene rings is 2. The lowest BCUT2D eigenvalue weighted by Crippen LogP contribution is -2.14. The van der Waals surface area contributed by atoms with E-state index in [4.69, 9.17) is 0 Å². The number of nitrogens with one attached hydrogen (secondary N) is 2. The van der Waals surface area contributed by atoms with Gasteiger partial charge in [-0.15, -0.1) is 0 Å². The van der Waals surface area contributed by atoms with Crippen LogP contribution in [0.4, 0.5) is 11.4 Å². The van der Waals surface area contributed by atoms with E-state index in [0.717, 1.165) is 16.8 Å². The molecule has 4 heteroatoms. The van der Waals surface area contributed by atoms with Crippen LogP contribution in [-0.2, 0) is 4.79 Å². The minimum atomic E-state index is -0.433. The van der Waals surface area contributed by atoms with Gasteiger partial charge in [0.1, 0.15) is 11.6 Å². The number of nitrogens with zero attached hydrogens (tertiary/aromatic N) is 1. The van der Waals surface area contributed by atoms with Gasteiger partial charge in [-0.1, -0.05) is 38.1 Å². The number of rotatable bonds is 5. The fraction of sp³-hybridized carbons (Fsp3) is 0.238. The molecule has 0 spiro atoms. The molecule has 4 nitrogen and oxygen atoms in total. The van der Waals surface area contributed by atoms with Crippen LogP contribution in [0.25, 0.3) is 0 Å². The van der Waals surface area contributed by atoms with Crippen molar-refractivity contribution in [3.05, 3.63) is 70.9 Å². The van der Waals surface area contributed by atoms with Crippen molar-refractivity contribution >= 4 is 17.3 Å². The smallest absolute Gasteiger partial charge is 0.267 e. The first-order valence-corrected chi connectivity index (χ1v) is 8.26. The molecule has 0 saturated carbocycles. The summed E-state index contributed by atoms with van der Waals surface area (Å²) in [4.78, 5) is 12.3. The van der Waals surface area contributed by atoms with E-state index in [1.807, 2.05) is 62.4 Å². The molecule has 0 saturated heterocycles. The highest BCUT2D eigenvalue weighted by Gasteiger charge is 2.10. The lowest BCUT2D eigenvalue weighted by atomic mass is 10.0. The van der Waals surface area contributed by atoms with Gasteiger partial charge in [0.15, 0.2) is 0 Å². The van der Waals surface area contributed by atoms with Gasteiger partial charge in [0, 0.05) is 17.6 Å². The van der Waals surface area contributed by atoms with Crippen LogP contribution in [-0.4, -0.2) is 5.91 Å². The molecule has 0 aromatic heterocycles. The number of amides is 1. The predicted molar refractivity (Wildman–Crippen MR) is 102 cm³/mol. The minimum Gasteiger partial charge on any atom is -0.360 e. The molecule has 0 atom stereocenters. The molecule has 0 bridgehead atoms. The summed E-state index contributed by atoms with van der Waals surface area (Å²) in [6.07, 6.45) is 1.44. The maximum atomic E-state index is 12.3. The molecule has 1 amide bonds. The third-order valence-corrected chi connectivity index (χ3v) is 4.18. The Morgan fingerprint density at radius 3 is 2.40 bits per heavy atom. The van der Waals surface area contributed by atoms with Crippen LogP contribution in [0.3, 0.4) is 0 Å². The Morgan fingerprint density at radius 2 is 1.80 bits per heavy atom. The van der Waals surface area contributed by atoms with E-state index in [1.54, 1.807) is 0 Å². The van der Waals surface area contributed by atoms with Crippen molar-refractivity contribution in [2.24, 2.45) is 0 Å². The van der Waals surface area contributed by atoms with Gasteiger partial charge in [0.2, 0.25) is 0 Å².